The average molecular weight is 107 g/mol. The van der Waals surface area contributed by atoms with Gasteiger partial charge in [0.1, 0.15) is 10.5 Å². The van der Waals surface area contributed by atoms with Crippen molar-refractivity contribution in [3.63, 3.8) is 0 Å². The Balaban J connectivity index is 2.40. The molecule has 0 aromatic carbocycles. The second-order valence-corrected chi connectivity index (χ2v) is 3.37. The summed E-state index contributed by atoms with van der Waals surface area (Å²) in [6.07, 6.45) is 0. The zero-order valence-corrected chi connectivity index (χ0v) is 6.39. The van der Waals surface area contributed by atoms with Crippen molar-refractivity contribution in [1.82, 2.24) is 0 Å². The maximum atomic E-state index is 9.11. The number of nitrogens with zero attached hydrogens (tertiary/aromatic N) is 1. The Kier molecular flexibility index (Phi) is 3.99. The molecule has 3 nitrogen and oxygen atoms in total. The number of nitroso groups, excluding NO2 is 1. The number of hydrogen-bond acceptors (Lipinski definition) is 3. The quantitative estimate of drug-likeness (QED) is 0.304. The van der Waals surface area contributed by atoms with Gasteiger partial charge < -0.3 is 4.12 Å². The molecule has 0 aliphatic rings. The minimum atomic E-state index is -0.937. The first-order valence-electron chi connectivity index (χ1n) is 1.20. The predicted octanol–water partition coefficient (Wildman–Crippen LogP) is -1.95. The molecule has 0 amide bonds. The molecule has 30 valence electrons. The molecule has 0 aromatic rings. The first-order valence-corrected chi connectivity index (χ1v) is 3.22. The minimum absolute atomic E-state index is 0.667. The molecule has 0 saturated heterocycles. The third-order valence-corrected chi connectivity index (χ3v) is 1.32. The summed E-state index contributed by atoms with van der Waals surface area (Å²) in [5.74, 6) is 0. The Morgan fingerprint density at radius 1 is 2.00 bits per heavy atom. The van der Waals surface area contributed by atoms with Crippen LogP contribution in [-0.4, -0.2) is 20.4 Å². The van der Waals surface area contributed by atoms with Gasteiger partial charge in [0.05, 0.1) is 0 Å². The van der Waals surface area contributed by atoms with Crippen molar-refractivity contribution in [2.45, 2.75) is 0 Å². The SMILES string of the molecule is O=N[SiH2]O[SiH3]. The van der Waals surface area contributed by atoms with Crippen LogP contribution < -0.4 is 0 Å². The third kappa shape index (κ3) is 3.99. The fourth-order valence-electron chi connectivity index (χ4n) is 0.0527. The van der Waals surface area contributed by atoms with E-state index in [2.05, 4.69) is 8.96 Å². The lowest BCUT2D eigenvalue weighted by molar-refractivity contribution is 0.664. The molecular weight excluding hydrogens is 102 g/mol. The van der Waals surface area contributed by atoms with Crippen molar-refractivity contribution in [1.29, 1.82) is 0 Å². The lowest BCUT2D eigenvalue weighted by Gasteiger charge is -1.74. The second kappa shape index (κ2) is 3.99. The molecule has 0 atom stereocenters. The van der Waals surface area contributed by atoms with Gasteiger partial charge in [0, 0.05) is 0 Å². The first-order chi connectivity index (χ1) is 2.41. The fraction of sp³-hybridized carbons (Fsp3) is 0. The van der Waals surface area contributed by atoms with Crippen LogP contribution in [0.3, 0.4) is 0 Å². The zero-order chi connectivity index (χ0) is 4.12. The van der Waals surface area contributed by atoms with Crippen LogP contribution in [0.15, 0.2) is 4.84 Å². The van der Waals surface area contributed by atoms with E-state index in [9.17, 15) is 0 Å². The molecule has 0 N–H and O–H groups in total. The van der Waals surface area contributed by atoms with Crippen molar-refractivity contribution < 1.29 is 4.12 Å². The van der Waals surface area contributed by atoms with Gasteiger partial charge >= 0.3 is 9.92 Å². The topological polar surface area (TPSA) is 38.7 Å². The Labute approximate surface area is 35.3 Å². The van der Waals surface area contributed by atoms with Crippen LogP contribution in [0.25, 0.3) is 0 Å². The molecule has 0 saturated carbocycles. The highest BCUT2D eigenvalue weighted by Crippen LogP contribution is 1.53. The van der Waals surface area contributed by atoms with Crippen LogP contribution in [0.1, 0.15) is 0 Å². The molecule has 0 aromatic heterocycles. The van der Waals surface area contributed by atoms with Crippen LogP contribution in [-0.2, 0) is 4.12 Å². The van der Waals surface area contributed by atoms with Gasteiger partial charge in [-0.1, -0.05) is 4.84 Å². The van der Waals surface area contributed by atoms with Gasteiger partial charge in [-0.05, 0) is 0 Å². The van der Waals surface area contributed by atoms with E-state index >= 15 is 0 Å². The number of rotatable bonds is 2. The minimum Gasteiger partial charge on any atom is -0.450 e. The van der Waals surface area contributed by atoms with Gasteiger partial charge in [-0.2, -0.15) is 4.91 Å². The van der Waals surface area contributed by atoms with Crippen molar-refractivity contribution in [2.24, 2.45) is 4.84 Å². The van der Waals surface area contributed by atoms with E-state index in [0.717, 1.165) is 0 Å². The summed E-state index contributed by atoms with van der Waals surface area (Å²) in [6, 6.07) is 0. The Morgan fingerprint density at radius 2 is 2.60 bits per heavy atom. The summed E-state index contributed by atoms with van der Waals surface area (Å²) in [5, 5.41) is 0. The standard InChI is InChI=1S/H5NO2Si2/c2-1-5-3-4/h5H2,4H3. The summed E-state index contributed by atoms with van der Waals surface area (Å²) in [4.78, 5) is 11.7. The zero-order valence-electron chi connectivity index (χ0n) is 2.97. The van der Waals surface area contributed by atoms with E-state index in [1.165, 1.54) is 0 Å². The molecule has 0 unspecified atom stereocenters. The highest BCUT2D eigenvalue weighted by molar-refractivity contribution is 6.31. The lowest BCUT2D eigenvalue weighted by Crippen LogP contribution is -1.85. The van der Waals surface area contributed by atoms with Crippen LogP contribution in [0.5, 0.6) is 0 Å². The van der Waals surface area contributed by atoms with E-state index in [0.29, 0.717) is 10.5 Å². The maximum absolute atomic E-state index is 9.11. The normalized spacial score (nSPS) is 10.4. The predicted molar refractivity (Wildman–Crippen MR) is 25.4 cm³/mol. The molecule has 0 bridgehead atoms. The van der Waals surface area contributed by atoms with Crippen molar-refractivity contribution >= 4 is 20.4 Å². The van der Waals surface area contributed by atoms with Gasteiger partial charge in [-0.25, -0.2) is 0 Å². The van der Waals surface area contributed by atoms with Crippen LogP contribution in [0, 0.1) is 4.91 Å². The van der Waals surface area contributed by atoms with E-state index < -0.39 is 9.92 Å². The van der Waals surface area contributed by atoms with Crippen LogP contribution in [0.4, 0.5) is 0 Å². The van der Waals surface area contributed by atoms with Gasteiger partial charge in [-0.15, -0.1) is 0 Å². The van der Waals surface area contributed by atoms with Crippen molar-refractivity contribution in [3.05, 3.63) is 4.91 Å². The van der Waals surface area contributed by atoms with Crippen molar-refractivity contribution in [2.75, 3.05) is 0 Å². The lowest BCUT2D eigenvalue weighted by atomic mass is 13.7. The van der Waals surface area contributed by atoms with E-state index in [4.69, 9.17) is 4.91 Å². The molecule has 5 heavy (non-hydrogen) atoms. The molecule has 0 radical (unpaired) electrons. The number of hydrogen-bond donors (Lipinski definition) is 0. The van der Waals surface area contributed by atoms with Crippen LogP contribution in [0.2, 0.25) is 0 Å². The molecule has 0 rings (SSSR count). The molecule has 0 heterocycles. The monoisotopic (exact) mass is 107 g/mol. The largest absolute Gasteiger partial charge is 0.450 e. The molecule has 0 fully saturated rings. The smallest absolute Gasteiger partial charge is 0.331 e. The van der Waals surface area contributed by atoms with Crippen LogP contribution >= 0.6 is 0 Å². The fourth-order valence-corrected chi connectivity index (χ4v) is 0.474. The summed E-state index contributed by atoms with van der Waals surface area (Å²) in [6.45, 7) is 0. The average Bonchev–Trinajstić information content (AvgIpc) is 1.41. The van der Waals surface area contributed by atoms with Gasteiger partial charge in [0.25, 0.3) is 0 Å². The van der Waals surface area contributed by atoms with E-state index in [-0.39, 0.29) is 0 Å². The third-order valence-electron chi connectivity index (χ3n) is 0.182. The molecular formula is H5NO2Si2. The molecule has 0 aliphatic carbocycles. The summed E-state index contributed by atoms with van der Waals surface area (Å²) >= 11 is 0. The highest BCUT2D eigenvalue weighted by atomic mass is 28.3. The Morgan fingerprint density at radius 3 is 2.60 bits per heavy atom. The summed E-state index contributed by atoms with van der Waals surface area (Å²) < 4.78 is 4.49. The second-order valence-electron chi connectivity index (χ2n) is 0.547. The Hall–Kier alpha value is -0.00623. The maximum Gasteiger partial charge on any atom is 0.331 e. The summed E-state index contributed by atoms with van der Waals surface area (Å²) in [7, 11) is -0.270. The van der Waals surface area contributed by atoms with E-state index in [1.807, 2.05) is 0 Å². The molecule has 0 spiro atoms. The van der Waals surface area contributed by atoms with Gasteiger partial charge in [0.15, 0.2) is 0 Å². The summed E-state index contributed by atoms with van der Waals surface area (Å²) in [5.41, 5.74) is 0. The van der Waals surface area contributed by atoms with E-state index in [1.54, 1.807) is 0 Å². The highest BCUT2D eigenvalue weighted by Gasteiger charge is 1.68. The van der Waals surface area contributed by atoms with Gasteiger partial charge in [0.2, 0.25) is 0 Å². The van der Waals surface area contributed by atoms with Crippen molar-refractivity contribution in [3.8, 4) is 0 Å². The first kappa shape index (κ1) is 4.99. The molecule has 0 aliphatic heterocycles. The Bertz CT molecular complexity index is 28.8. The molecule has 5 heteroatoms. The van der Waals surface area contributed by atoms with Gasteiger partial charge in [-0.3, -0.25) is 0 Å².